The average molecular weight is 273 g/mol. The third-order valence-corrected chi connectivity index (χ3v) is 3.60. The van der Waals surface area contributed by atoms with Crippen LogP contribution in [-0.4, -0.2) is 52.4 Å². The molecule has 2 heterocycles. The maximum atomic E-state index is 9.35. The third kappa shape index (κ3) is 3.00. The molecule has 2 aromatic rings. The minimum atomic E-state index is 0.278. The number of imidazole rings is 1. The van der Waals surface area contributed by atoms with Gasteiger partial charge in [-0.25, -0.2) is 4.98 Å². The lowest BCUT2D eigenvalue weighted by molar-refractivity contribution is 0.0364. The molecule has 1 aliphatic rings. The first-order chi connectivity index (χ1) is 9.83. The minimum absolute atomic E-state index is 0.278. The van der Waals surface area contributed by atoms with Gasteiger partial charge in [-0.15, -0.1) is 0 Å². The van der Waals surface area contributed by atoms with Crippen LogP contribution in [0.15, 0.2) is 36.7 Å². The van der Waals surface area contributed by atoms with Gasteiger partial charge in [0.25, 0.3) is 0 Å². The molecule has 1 aliphatic heterocycles. The van der Waals surface area contributed by atoms with Crippen molar-refractivity contribution in [3.05, 3.63) is 36.7 Å². The molecule has 1 aromatic carbocycles. The van der Waals surface area contributed by atoms with Crippen LogP contribution in [0.4, 0.5) is 0 Å². The van der Waals surface area contributed by atoms with E-state index in [2.05, 4.69) is 14.5 Å². The topological polar surface area (TPSA) is 50.5 Å². The summed E-state index contributed by atoms with van der Waals surface area (Å²) in [6.45, 7) is 5.58. The molecular formula is C15H19N3O2. The van der Waals surface area contributed by atoms with E-state index in [1.807, 2.05) is 24.5 Å². The quantitative estimate of drug-likeness (QED) is 0.919. The lowest BCUT2D eigenvalue weighted by Crippen LogP contribution is -2.38. The van der Waals surface area contributed by atoms with E-state index < -0.39 is 0 Å². The Kier molecular flexibility index (Phi) is 3.99. The summed E-state index contributed by atoms with van der Waals surface area (Å²) in [6, 6.07) is 7.17. The average Bonchev–Trinajstić information content (AvgIpc) is 2.95. The fourth-order valence-electron chi connectivity index (χ4n) is 2.43. The molecule has 5 nitrogen and oxygen atoms in total. The largest absolute Gasteiger partial charge is 0.508 e. The highest BCUT2D eigenvalue weighted by Gasteiger charge is 2.11. The number of phenolic OH excluding ortho intramolecular Hbond substituents is 1. The van der Waals surface area contributed by atoms with E-state index in [0.29, 0.717) is 0 Å². The van der Waals surface area contributed by atoms with Gasteiger partial charge in [0, 0.05) is 44.1 Å². The number of rotatable bonds is 4. The van der Waals surface area contributed by atoms with Gasteiger partial charge < -0.3 is 14.4 Å². The Bertz CT molecular complexity index is 545. The van der Waals surface area contributed by atoms with Crippen LogP contribution in [0.1, 0.15) is 0 Å². The fraction of sp³-hybridized carbons (Fsp3) is 0.400. The minimum Gasteiger partial charge on any atom is -0.508 e. The number of phenols is 1. The first kappa shape index (κ1) is 13.1. The van der Waals surface area contributed by atoms with E-state index in [-0.39, 0.29) is 5.75 Å². The predicted octanol–water partition coefficient (Wildman–Crippen LogP) is 1.59. The van der Waals surface area contributed by atoms with Crippen molar-refractivity contribution in [1.82, 2.24) is 14.5 Å². The zero-order valence-corrected chi connectivity index (χ0v) is 11.4. The molecule has 0 saturated carbocycles. The normalized spacial score (nSPS) is 16.4. The number of ether oxygens (including phenoxy) is 1. The Morgan fingerprint density at radius 2 is 1.85 bits per heavy atom. The molecule has 1 saturated heterocycles. The van der Waals surface area contributed by atoms with Crippen molar-refractivity contribution in [2.24, 2.45) is 0 Å². The van der Waals surface area contributed by atoms with Crippen molar-refractivity contribution >= 4 is 0 Å². The van der Waals surface area contributed by atoms with Crippen LogP contribution in [0.5, 0.6) is 5.75 Å². The number of hydrogen-bond acceptors (Lipinski definition) is 4. The molecular weight excluding hydrogens is 254 g/mol. The standard InChI is InChI=1S/C15H19N3O2/c19-14-3-1-13(2-4-14)15-16-5-6-18(15)8-7-17-9-11-20-12-10-17/h1-6,19H,7-12H2. The predicted molar refractivity (Wildman–Crippen MR) is 76.6 cm³/mol. The Morgan fingerprint density at radius 3 is 2.60 bits per heavy atom. The molecule has 0 unspecified atom stereocenters. The molecule has 0 amide bonds. The molecule has 1 fully saturated rings. The van der Waals surface area contributed by atoms with Crippen LogP contribution in [0.25, 0.3) is 11.4 Å². The summed E-state index contributed by atoms with van der Waals surface area (Å²) in [6.07, 6.45) is 3.82. The monoisotopic (exact) mass is 273 g/mol. The summed E-state index contributed by atoms with van der Waals surface area (Å²) >= 11 is 0. The summed E-state index contributed by atoms with van der Waals surface area (Å²) in [5, 5.41) is 9.35. The maximum Gasteiger partial charge on any atom is 0.139 e. The number of aromatic nitrogens is 2. The van der Waals surface area contributed by atoms with Crippen LogP contribution in [-0.2, 0) is 11.3 Å². The van der Waals surface area contributed by atoms with Crippen LogP contribution in [0.2, 0.25) is 0 Å². The van der Waals surface area contributed by atoms with E-state index in [1.54, 1.807) is 12.1 Å². The molecule has 5 heteroatoms. The zero-order valence-electron chi connectivity index (χ0n) is 11.4. The molecule has 3 rings (SSSR count). The van der Waals surface area contributed by atoms with Crippen molar-refractivity contribution < 1.29 is 9.84 Å². The zero-order chi connectivity index (χ0) is 13.8. The van der Waals surface area contributed by atoms with Crippen molar-refractivity contribution in [3.63, 3.8) is 0 Å². The third-order valence-electron chi connectivity index (χ3n) is 3.60. The van der Waals surface area contributed by atoms with Gasteiger partial charge in [0.1, 0.15) is 11.6 Å². The van der Waals surface area contributed by atoms with Gasteiger partial charge in [0.05, 0.1) is 13.2 Å². The Hall–Kier alpha value is -1.85. The second kappa shape index (κ2) is 6.07. The molecule has 0 atom stereocenters. The van der Waals surface area contributed by atoms with Gasteiger partial charge in [-0.05, 0) is 24.3 Å². The highest BCUT2D eigenvalue weighted by Crippen LogP contribution is 2.20. The van der Waals surface area contributed by atoms with Crippen molar-refractivity contribution in [2.75, 3.05) is 32.8 Å². The van der Waals surface area contributed by atoms with Gasteiger partial charge in [-0.2, -0.15) is 0 Å². The molecule has 0 radical (unpaired) electrons. The number of hydrogen-bond donors (Lipinski definition) is 1. The lowest BCUT2D eigenvalue weighted by Gasteiger charge is -2.26. The van der Waals surface area contributed by atoms with Gasteiger partial charge >= 0.3 is 0 Å². The van der Waals surface area contributed by atoms with Crippen molar-refractivity contribution in [2.45, 2.75) is 6.54 Å². The van der Waals surface area contributed by atoms with Crippen LogP contribution < -0.4 is 0 Å². The smallest absolute Gasteiger partial charge is 0.139 e. The molecule has 106 valence electrons. The lowest BCUT2D eigenvalue weighted by atomic mass is 10.2. The van der Waals surface area contributed by atoms with E-state index in [4.69, 9.17) is 4.74 Å². The molecule has 1 N–H and O–H groups in total. The van der Waals surface area contributed by atoms with E-state index in [1.165, 1.54) is 0 Å². The summed E-state index contributed by atoms with van der Waals surface area (Å²) in [5.74, 6) is 1.22. The second-order valence-electron chi connectivity index (χ2n) is 4.95. The van der Waals surface area contributed by atoms with Gasteiger partial charge in [-0.3, -0.25) is 4.90 Å². The van der Waals surface area contributed by atoms with Crippen LogP contribution in [0, 0.1) is 0 Å². The maximum absolute atomic E-state index is 9.35. The number of benzene rings is 1. The molecule has 0 aliphatic carbocycles. The highest BCUT2D eigenvalue weighted by atomic mass is 16.5. The van der Waals surface area contributed by atoms with Gasteiger partial charge in [0.15, 0.2) is 0 Å². The molecule has 20 heavy (non-hydrogen) atoms. The first-order valence-corrected chi connectivity index (χ1v) is 6.93. The fourth-order valence-corrected chi connectivity index (χ4v) is 2.43. The number of aromatic hydroxyl groups is 1. The Balaban J connectivity index is 1.68. The summed E-state index contributed by atoms with van der Waals surface area (Å²) in [5.41, 5.74) is 1.02. The number of morpholine rings is 1. The summed E-state index contributed by atoms with van der Waals surface area (Å²) in [4.78, 5) is 6.82. The Labute approximate surface area is 118 Å². The SMILES string of the molecule is Oc1ccc(-c2nccn2CCN2CCOCC2)cc1. The number of nitrogens with zero attached hydrogens (tertiary/aromatic N) is 3. The van der Waals surface area contributed by atoms with Gasteiger partial charge in [-0.1, -0.05) is 0 Å². The van der Waals surface area contributed by atoms with E-state index in [9.17, 15) is 5.11 Å². The van der Waals surface area contributed by atoms with Crippen LogP contribution in [0.3, 0.4) is 0 Å². The molecule has 1 aromatic heterocycles. The summed E-state index contributed by atoms with van der Waals surface area (Å²) < 4.78 is 7.51. The van der Waals surface area contributed by atoms with E-state index >= 15 is 0 Å². The van der Waals surface area contributed by atoms with E-state index in [0.717, 1.165) is 50.8 Å². The summed E-state index contributed by atoms with van der Waals surface area (Å²) in [7, 11) is 0. The van der Waals surface area contributed by atoms with Crippen LogP contribution >= 0.6 is 0 Å². The molecule has 0 bridgehead atoms. The highest BCUT2D eigenvalue weighted by molar-refractivity contribution is 5.56. The second-order valence-corrected chi connectivity index (χ2v) is 4.95. The van der Waals surface area contributed by atoms with Crippen molar-refractivity contribution in [1.29, 1.82) is 0 Å². The van der Waals surface area contributed by atoms with Crippen molar-refractivity contribution in [3.8, 4) is 17.1 Å². The first-order valence-electron chi connectivity index (χ1n) is 6.93. The van der Waals surface area contributed by atoms with Gasteiger partial charge in [0.2, 0.25) is 0 Å². The Morgan fingerprint density at radius 1 is 1.10 bits per heavy atom. The molecule has 0 spiro atoms.